The van der Waals surface area contributed by atoms with E-state index in [2.05, 4.69) is 17.1 Å². The molecule has 1 aromatic carbocycles. The van der Waals surface area contributed by atoms with E-state index in [0.717, 1.165) is 17.2 Å². The van der Waals surface area contributed by atoms with Gasteiger partial charge in [0.05, 0.1) is 11.1 Å². The Labute approximate surface area is 129 Å². The molecule has 0 fully saturated rings. The number of thioether (sulfide) groups is 1. The van der Waals surface area contributed by atoms with E-state index < -0.39 is 6.10 Å². The van der Waals surface area contributed by atoms with Gasteiger partial charge in [0, 0.05) is 11.9 Å². The summed E-state index contributed by atoms with van der Waals surface area (Å²) >= 11 is 1.54. The quantitative estimate of drug-likeness (QED) is 0.833. The summed E-state index contributed by atoms with van der Waals surface area (Å²) in [5, 5.41) is 10.9. The van der Waals surface area contributed by atoms with Crippen molar-refractivity contribution in [2.24, 2.45) is 0 Å². The van der Waals surface area contributed by atoms with Crippen molar-refractivity contribution in [2.75, 3.05) is 12.4 Å². The lowest BCUT2D eigenvalue weighted by atomic mass is 10.1. The molecule has 0 bridgehead atoms. The maximum atomic E-state index is 9.99. The van der Waals surface area contributed by atoms with Gasteiger partial charge in [0.15, 0.2) is 0 Å². The second-order valence-corrected chi connectivity index (χ2v) is 6.27. The van der Waals surface area contributed by atoms with Crippen LogP contribution in [0.5, 0.6) is 5.75 Å². The Morgan fingerprint density at radius 3 is 2.95 bits per heavy atom. The van der Waals surface area contributed by atoms with Crippen LogP contribution in [0.4, 0.5) is 0 Å². The summed E-state index contributed by atoms with van der Waals surface area (Å²) in [4.78, 5) is 4.22. The molecular formula is C17H19NO2S. The van der Waals surface area contributed by atoms with Gasteiger partial charge in [-0.1, -0.05) is 12.1 Å². The minimum absolute atomic E-state index is 0.318. The SMILES string of the molecule is O[C@@H](COc1ccc2c(c1)CCC2)CSc1ccccn1. The Balaban J connectivity index is 1.46. The molecule has 0 unspecified atom stereocenters. The standard InChI is InChI=1S/C17H19NO2S/c19-15(12-21-17-6-1-2-9-18-17)11-20-16-8-7-13-4-3-5-14(13)10-16/h1-2,6-10,15,19H,3-5,11-12H2/t15-/m0/s1. The number of benzene rings is 1. The van der Waals surface area contributed by atoms with Crippen molar-refractivity contribution in [1.82, 2.24) is 4.98 Å². The highest BCUT2D eigenvalue weighted by atomic mass is 32.2. The molecule has 110 valence electrons. The number of rotatable bonds is 6. The average molecular weight is 301 g/mol. The van der Waals surface area contributed by atoms with Crippen LogP contribution < -0.4 is 4.74 Å². The first kappa shape index (κ1) is 14.4. The number of pyridine rings is 1. The first-order valence-corrected chi connectivity index (χ1v) is 8.26. The first-order valence-electron chi connectivity index (χ1n) is 7.28. The summed E-state index contributed by atoms with van der Waals surface area (Å²) in [6, 6.07) is 12.0. The van der Waals surface area contributed by atoms with Crippen LogP contribution in [0, 0.1) is 0 Å². The van der Waals surface area contributed by atoms with Crippen molar-refractivity contribution in [3.05, 3.63) is 53.7 Å². The highest BCUT2D eigenvalue weighted by Crippen LogP contribution is 2.26. The van der Waals surface area contributed by atoms with Crippen LogP contribution in [0.25, 0.3) is 0 Å². The monoisotopic (exact) mass is 301 g/mol. The van der Waals surface area contributed by atoms with Crippen molar-refractivity contribution < 1.29 is 9.84 Å². The van der Waals surface area contributed by atoms with Crippen LogP contribution in [-0.4, -0.2) is 28.6 Å². The van der Waals surface area contributed by atoms with Gasteiger partial charge >= 0.3 is 0 Å². The zero-order valence-corrected chi connectivity index (χ0v) is 12.7. The molecule has 0 amide bonds. The normalized spacial score (nSPS) is 14.7. The van der Waals surface area contributed by atoms with Gasteiger partial charge in [-0.3, -0.25) is 0 Å². The molecule has 1 heterocycles. The fourth-order valence-electron chi connectivity index (χ4n) is 2.49. The molecular weight excluding hydrogens is 282 g/mol. The molecule has 21 heavy (non-hydrogen) atoms. The Hall–Kier alpha value is -1.52. The summed E-state index contributed by atoms with van der Waals surface area (Å²) in [5.41, 5.74) is 2.83. The van der Waals surface area contributed by atoms with E-state index in [0.29, 0.717) is 12.4 Å². The Morgan fingerprint density at radius 2 is 2.10 bits per heavy atom. The third kappa shape index (κ3) is 3.99. The number of nitrogens with zero attached hydrogens (tertiary/aromatic N) is 1. The molecule has 1 atom stereocenters. The number of hydrogen-bond donors (Lipinski definition) is 1. The lowest BCUT2D eigenvalue weighted by Crippen LogP contribution is -2.20. The highest BCUT2D eigenvalue weighted by Gasteiger charge is 2.12. The third-order valence-corrected chi connectivity index (χ3v) is 4.66. The van der Waals surface area contributed by atoms with E-state index in [1.54, 1.807) is 18.0 Å². The zero-order chi connectivity index (χ0) is 14.5. The molecule has 2 aromatic rings. The molecule has 1 N–H and O–H groups in total. The summed E-state index contributed by atoms with van der Waals surface area (Å²) in [6.07, 6.45) is 4.83. The summed E-state index contributed by atoms with van der Waals surface area (Å²) in [6.45, 7) is 0.318. The van der Waals surface area contributed by atoms with E-state index in [9.17, 15) is 5.11 Å². The van der Waals surface area contributed by atoms with Crippen LogP contribution in [0.2, 0.25) is 0 Å². The number of hydrogen-bond acceptors (Lipinski definition) is 4. The van der Waals surface area contributed by atoms with Crippen LogP contribution in [0.3, 0.4) is 0 Å². The average Bonchev–Trinajstić information content (AvgIpc) is 2.99. The lowest BCUT2D eigenvalue weighted by molar-refractivity contribution is 0.126. The van der Waals surface area contributed by atoms with E-state index in [4.69, 9.17) is 4.74 Å². The van der Waals surface area contributed by atoms with Gasteiger partial charge in [0.2, 0.25) is 0 Å². The Morgan fingerprint density at radius 1 is 1.19 bits per heavy atom. The molecule has 0 radical (unpaired) electrons. The van der Waals surface area contributed by atoms with Crippen molar-refractivity contribution in [1.29, 1.82) is 0 Å². The minimum atomic E-state index is -0.495. The molecule has 0 saturated carbocycles. The maximum Gasteiger partial charge on any atom is 0.119 e. The van der Waals surface area contributed by atoms with E-state index in [-0.39, 0.29) is 0 Å². The molecule has 4 heteroatoms. The predicted molar refractivity (Wildman–Crippen MR) is 84.9 cm³/mol. The number of fused-ring (bicyclic) bond motifs is 1. The second-order valence-electron chi connectivity index (χ2n) is 5.23. The van der Waals surface area contributed by atoms with Crippen LogP contribution >= 0.6 is 11.8 Å². The molecule has 1 aliphatic carbocycles. The molecule has 0 saturated heterocycles. The van der Waals surface area contributed by atoms with Crippen molar-refractivity contribution >= 4 is 11.8 Å². The van der Waals surface area contributed by atoms with Crippen LogP contribution in [-0.2, 0) is 12.8 Å². The van der Waals surface area contributed by atoms with Crippen LogP contribution in [0.1, 0.15) is 17.5 Å². The van der Waals surface area contributed by atoms with Gasteiger partial charge in [-0.05, 0) is 54.7 Å². The van der Waals surface area contributed by atoms with Crippen molar-refractivity contribution in [3.63, 3.8) is 0 Å². The smallest absolute Gasteiger partial charge is 0.119 e. The molecule has 0 aliphatic heterocycles. The number of ether oxygens (including phenoxy) is 1. The first-order chi connectivity index (χ1) is 10.3. The van der Waals surface area contributed by atoms with Gasteiger partial charge in [-0.25, -0.2) is 4.98 Å². The number of aliphatic hydroxyl groups is 1. The van der Waals surface area contributed by atoms with E-state index in [1.165, 1.54) is 24.0 Å². The van der Waals surface area contributed by atoms with Gasteiger partial charge in [-0.15, -0.1) is 11.8 Å². The topological polar surface area (TPSA) is 42.4 Å². The summed E-state index contributed by atoms with van der Waals surface area (Å²) in [7, 11) is 0. The minimum Gasteiger partial charge on any atom is -0.491 e. The van der Waals surface area contributed by atoms with Gasteiger partial charge < -0.3 is 9.84 Å². The summed E-state index contributed by atoms with van der Waals surface area (Å²) in [5.74, 6) is 1.44. The molecule has 1 aliphatic rings. The Bertz CT molecular complexity index is 589. The van der Waals surface area contributed by atoms with Gasteiger partial charge in [0.25, 0.3) is 0 Å². The van der Waals surface area contributed by atoms with E-state index in [1.807, 2.05) is 24.3 Å². The lowest BCUT2D eigenvalue weighted by Gasteiger charge is -2.12. The molecule has 3 rings (SSSR count). The molecule has 1 aromatic heterocycles. The molecule has 0 spiro atoms. The number of aromatic nitrogens is 1. The predicted octanol–water partition coefficient (Wildman–Crippen LogP) is 3.10. The largest absolute Gasteiger partial charge is 0.491 e. The fourth-order valence-corrected chi connectivity index (χ4v) is 3.26. The van der Waals surface area contributed by atoms with Gasteiger partial charge in [-0.2, -0.15) is 0 Å². The number of aliphatic hydroxyl groups excluding tert-OH is 1. The Kier molecular flexibility index (Phi) is 4.78. The maximum absolute atomic E-state index is 9.99. The van der Waals surface area contributed by atoms with E-state index >= 15 is 0 Å². The zero-order valence-electron chi connectivity index (χ0n) is 11.9. The fraction of sp³-hybridized carbons (Fsp3) is 0.353. The number of aryl methyl sites for hydroxylation is 2. The van der Waals surface area contributed by atoms with Gasteiger partial charge in [0.1, 0.15) is 12.4 Å². The second kappa shape index (κ2) is 6.96. The summed E-state index contributed by atoms with van der Waals surface area (Å²) < 4.78 is 5.70. The van der Waals surface area contributed by atoms with Crippen LogP contribution in [0.15, 0.2) is 47.6 Å². The van der Waals surface area contributed by atoms with Crippen molar-refractivity contribution in [3.8, 4) is 5.75 Å². The highest BCUT2D eigenvalue weighted by molar-refractivity contribution is 7.99. The molecule has 3 nitrogen and oxygen atoms in total. The van der Waals surface area contributed by atoms with Crippen molar-refractivity contribution in [2.45, 2.75) is 30.4 Å². The third-order valence-electron chi connectivity index (χ3n) is 3.57.